The summed E-state index contributed by atoms with van der Waals surface area (Å²) in [6.45, 7) is 6.16. The largest absolute Gasteiger partial charge is 0.512 e. The molecule has 2 rings (SSSR count). The summed E-state index contributed by atoms with van der Waals surface area (Å²) in [5, 5.41) is 40.6. The molecule has 0 aromatic heterocycles. The lowest BCUT2D eigenvalue weighted by Gasteiger charge is -2.44. The van der Waals surface area contributed by atoms with Crippen LogP contribution in [-0.2, 0) is 14.3 Å². The number of carbonyl (C=O) groups excluding carboxylic acids is 1. The van der Waals surface area contributed by atoms with Gasteiger partial charge in [0.2, 0.25) is 0 Å². The second-order valence-corrected chi connectivity index (χ2v) is 10.4. The van der Waals surface area contributed by atoms with Crippen molar-refractivity contribution in [1.29, 1.82) is 0 Å². The van der Waals surface area contributed by atoms with Crippen molar-refractivity contribution < 1.29 is 34.8 Å². The van der Waals surface area contributed by atoms with Gasteiger partial charge in [-0.1, -0.05) is 65.7 Å². The number of esters is 1. The molecule has 0 saturated heterocycles. The second kappa shape index (κ2) is 14.5. The molecule has 7 nitrogen and oxygen atoms in total. The normalized spacial score (nSPS) is 26.4. The summed E-state index contributed by atoms with van der Waals surface area (Å²) in [5.41, 5.74) is 0.478. The topological polar surface area (TPSA) is 124 Å². The molecule has 2 aliphatic rings. The molecule has 2 aliphatic carbocycles. The number of ether oxygens (including phenoxy) is 1. The van der Waals surface area contributed by atoms with Crippen molar-refractivity contribution in [3.8, 4) is 0 Å². The Bertz CT molecular complexity index is 748. The van der Waals surface area contributed by atoms with Gasteiger partial charge in [0.05, 0.1) is 11.7 Å². The van der Waals surface area contributed by atoms with Crippen molar-refractivity contribution >= 4 is 11.9 Å². The molecule has 7 heteroatoms. The average Bonchev–Trinajstić information content (AvgIpc) is 2.81. The highest BCUT2D eigenvalue weighted by atomic mass is 16.5. The quantitative estimate of drug-likeness (QED) is 0.157. The van der Waals surface area contributed by atoms with Crippen molar-refractivity contribution in [2.45, 2.75) is 116 Å². The van der Waals surface area contributed by atoms with Crippen molar-refractivity contribution in [3.63, 3.8) is 0 Å². The average molecular weight is 495 g/mol. The zero-order valence-corrected chi connectivity index (χ0v) is 21.7. The van der Waals surface area contributed by atoms with Crippen molar-refractivity contribution in [3.05, 3.63) is 23.2 Å². The van der Waals surface area contributed by atoms with E-state index < -0.39 is 18.2 Å². The fourth-order valence-electron chi connectivity index (χ4n) is 5.63. The fourth-order valence-corrected chi connectivity index (χ4v) is 5.63. The van der Waals surface area contributed by atoms with Crippen LogP contribution in [0.1, 0.15) is 104 Å². The van der Waals surface area contributed by atoms with Crippen LogP contribution in [-0.4, -0.2) is 44.6 Å². The van der Waals surface area contributed by atoms with Crippen molar-refractivity contribution in [2.24, 2.45) is 23.7 Å². The number of aliphatic hydroxyl groups excluding tert-OH is 3. The summed E-state index contributed by atoms with van der Waals surface area (Å²) in [6, 6.07) is 0. The minimum atomic E-state index is -1.13. The Morgan fingerprint density at radius 3 is 2.26 bits per heavy atom. The molecule has 0 aromatic carbocycles. The van der Waals surface area contributed by atoms with Gasteiger partial charge < -0.3 is 25.2 Å². The molecule has 0 radical (unpaired) electrons. The highest BCUT2D eigenvalue weighted by molar-refractivity contribution is 5.72. The number of allylic oxidation sites excluding steroid dienone is 2. The van der Waals surface area contributed by atoms with Crippen LogP contribution in [0, 0.1) is 23.7 Å². The summed E-state index contributed by atoms with van der Waals surface area (Å²) < 4.78 is 6.10. The van der Waals surface area contributed by atoms with Gasteiger partial charge >= 0.3 is 11.9 Å². The lowest BCUT2D eigenvalue weighted by Crippen LogP contribution is -2.45. The number of carbonyl (C=O) groups is 2. The van der Waals surface area contributed by atoms with Crippen molar-refractivity contribution in [2.75, 3.05) is 0 Å². The lowest BCUT2D eigenvalue weighted by atomic mass is 9.65. The van der Waals surface area contributed by atoms with Crippen molar-refractivity contribution in [1.82, 2.24) is 0 Å². The Morgan fingerprint density at radius 2 is 1.66 bits per heavy atom. The third-order valence-electron chi connectivity index (χ3n) is 7.79. The summed E-state index contributed by atoms with van der Waals surface area (Å²) in [5.74, 6) is -1.63. The molecule has 0 spiro atoms. The molecule has 35 heavy (non-hydrogen) atoms. The van der Waals surface area contributed by atoms with Gasteiger partial charge in [-0.15, -0.1) is 0 Å². The summed E-state index contributed by atoms with van der Waals surface area (Å²) in [4.78, 5) is 24.0. The summed E-state index contributed by atoms with van der Waals surface area (Å²) in [7, 11) is 0. The SMILES string of the molecule is CCCCC(CCCC)C(=O)O[C@H]1C[C@H](O)C(O)=C2C=C(O)[C@@H](C)[C@@H](CCCCCCC(=O)O)[C@H]21. The molecule has 0 saturated carbocycles. The highest BCUT2D eigenvalue weighted by Crippen LogP contribution is 2.47. The van der Waals surface area contributed by atoms with Gasteiger partial charge in [0.25, 0.3) is 0 Å². The van der Waals surface area contributed by atoms with Gasteiger partial charge in [0.1, 0.15) is 18.0 Å². The molecule has 0 amide bonds. The van der Waals surface area contributed by atoms with E-state index in [9.17, 15) is 24.9 Å². The number of rotatable bonds is 15. The van der Waals surface area contributed by atoms with E-state index in [0.717, 1.165) is 64.2 Å². The molecule has 0 fully saturated rings. The van der Waals surface area contributed by atoms with Gasteiger partial charge in [-0.3, -0.25) is 9.59 Å². The zero-order valence-electron chi connectivity index (χ0n) is 21.7. The number of carboxylic acids is 1. The Morgan fingerprint density at radius 1 is 1.03 bits per heavy atom. The second-order valence-electron chi connectivity index (χ2n) is 10.4. The van der Waals surface area contributed by atoms with Crippen LogP contribution in [0.25, 0.3) is 0 Å². The van der Waals surface area contributed by atoms with E-state index in [0.29, 0.717) is 12.0 Å². The van der Waals surface area contributed by atoms with Crippen LogP contribution in [0.5, 0.6) is 0 Å². The third-order valence-corrected chi connectivity index (χ3v) is 7.79. The first kappa shape index (κ1) is 29.2. The molecule has 0 unspecified atom stereocenters. The van der Waals surface area contributed by atoms with Gasteiger partial charge in [-0.05, 0) is 37.7 Å². The van der Waals surface area contributed by atoms with E-state index in [-0.39, 0.29) is 54.0 Å². The summed E-state index contributed by atoms with van der Waals surface area (Å²) >= 11 is 0. The number of aliphatic carboxylic acids is 1. The molecule has 200 valence electrons. The minimum absolute atomic E-state index is 0.0494. The zero-order chi connectivity index (χ0) is 26.0. The van der Waals surface area contributed by atoms with Crippen LogP contribution in [0.4, 0.5) is 0 Å². The van der Waals surface area contributed by atoms with E-state index in [1.54, 1.807) is 6.08 Å². The highest BCUT2D eigenvalue weighted by Gasteiger charge is 2.47. The predicted molar refractivity (Wildman–Crippen MR) is 135 cm³/mol. The number of aliphatic hydroxyl groups is 3. The Balaban J connectivity index is 2.18. The van der Waals surface area contributed by atoms with Gasteiger partial charge in [-0.2, -0.15) is 0 Å². The Kier molecular flexibility index (Phi) is 12.1. The maximum atomic E-state index is 13.2. The van der Waals surface area contributed by atoms with E-state index in [4.69, 9.17) is 9.84 Å². The Hall–Kier alpha value is -2.02. The molecule has 0 heterocycles. The smallest absolute Gasteiger partial charge is 0.309 e. The van der Waals surface area contributed by atoms with Gasteiger partial charge in [0.15, 0.2) is 0 Å². The molecule has 0 aliphatic heterocycles. The van der Waals surface area contributed by atoms with Crippen LogP contribution >= 0.6 is 0 Å². The van der Waals surface area contributed by atoms with E-state index in [1.165, 1.54) is 0 Å². The van der Waals surface area contributed by atoms with E-state index >= 15 is 0 Å². The summed E-state index contributed by atoms with van der Waals surface area (Å²) in [6.07, 6.45) is 9.65. The van der Waals surface area contributed by atoms with Crippen LogP contribution in [0.2, 0.25) is 0 Å². The van der Waals surface area contributed by atoms with E-state index in [1.807, 2.05) is 6.92 Å². The lowest BCUT2D eigenvalue weighted by molar-refractivity contribution is -0.161. The van der Waals surface area contributed by atoms with Crippen LogP contribution in [0.3, 0.4) is 0 Å². The van der Waals surface area contributed by atoms with Gasteiger partial charge in [-0.25, -0.2) is 0 Å². The standard InChI is InChI=1S/C28H46O7/c1-4-6-12-19(13-7-5-2)28(34)35-24-17-23(30)27(33)21-16-22(29)18(3)20(26(21)24)14-10-8-9-11-15-25(31)32/h16,18-20,23-24,26,29-30,33H,4-15,17H2,1-3H3,(H,31,32)/t18-,20+,23-,24-,26+/m0/s1. The molecule has 5 atom stereocenters. The third kappa shape index (κ3) is 8.26. The first-order valence-electron chi connectivity index (χ1n) is 13.6. The minimum Gasteiger partial charge on any atom is -0.512 e. The molecular weight excluding hydrogens is 448 g/mol. The molecule has 0 bridgehead atoms. The number of unbranched alkanes of at least 4 members (excludes halogenated alkanes) is 5. The molecule has 0 aromatic rings. The molecule has 4 N–H and O–H groups in total. The van der Waals surface area contributed by atoms with Crippen LogP contribution in [0.15, 0.2) is 23.2 Å². The first-order valence-corrected chi connectivity index (χ1v) is 13.6. The fraction of sp³-hybridized carbons (Fsp3) is 0.786. The first-order chi connectivity index (χ1) is 16.7. The maximum absolute atomic E-state index is 13.2. The number of hydrogen-bond donors (Lipinski definition) is 4. The predicted octanol–water partition coefficient (Wildman–Crippen LogP) is 6.22. The maximum Gasteiger partial charge on any atom is 0.309 e. The van der Waals surface area contributed by atoms with E-state index in [2.05, 4.69) is 13.8 Å². The van der Waals surface area contributed by atoms with Crippen LogP contribution < -0.4 is 0 Å². The Labute approximate surface area is 210 Å². The number of fused-ring (bicyclic) bond motifs is 1. The number of carboxylic acid groups (broad SMARTS) is 1. The monoisotopic (exact) mass is 494 g/mol. The molecular formula is C28H46O7. The number of hydrogen-bond acceptors (Lipinski definition) is 6. The van der Waals surface area contributed by atoms with Gasteiger partial charge in [0, 0.05) is 30.3 Å².